The first-order valence-electron chi connectivity index (χ1n) is 14.3. The first kappa shape index (κ1) is 28.1. The van der Waals surface area contributed by atoms with E-state index in [4.69, 9.17) is 14.3 Å². The minimum Gasteiger partial charge on any atom is -0.488 e. The van der Waals surface area contributed by atoms with E-state index in [1.165, 1.54) is 16.8 Å². The van der Waals surface area contributed by atoms with Crippen LogP contribution in [0.15, 0.2) is 98.9 Å². The molecule has 0 amide bonds. The zero-order chi connectivity index (χ0) is 29.0. The van der Waals surface area contributed by atoms with Gasteiger partial charge in [-0.2, -0.15) is 0 Å². The van der Waals surface area contributed by atoms with Gasteiger partial charge in [0, 0.05) is 29.6 Å². The molecule has 1 aliphatic rings. The van der Waals surface area contributed by atoms with E-state index >= 15 is 0 Å². The SMILES string of the molecule is CCCCC1=NC(C)N(c2ccc(OC(C)(C)C)cc2)C=C1Cc1ccc(-c2ccccc2-c2noc(=O)[nH]2)cc1. The summed E-state index contributed by atoms with van der Waals surface area (Å²) in [6.45, 7) is 10.5. The Balaban J connectivity index is 1.40. The summed E-state index contributed by atoms with van der Waals surface area (Å²) >= 11 is 0. The van der Waals surface area contributed by atoms with Gasteiger partial charge >= 0.3 is 5.76 Å². The largest absolute Gasteiger partial charge is 0.488 e. The van der Waals surface area contributed by atoms with Crippen LogP contribution in [0.25, 0.3) is 22.5 Å². The van der Waals surface area contributed by atoms with Crippen LogP contribution in [0.3, 0.4) is 0 Å². The number of rotatable bonds is 9. The maximum absolute atomic E-state index is 11.5. The Bertz CT molecular complexity index is 1590. The van der Waals surface area contributed by atoms with Crippen molar-refractivity contribution in [3.63, 3.8) is 0 Å². The molecule has 0 saturated carbocycles. The molecule has 7 nitrogen and oxygen atoms in total. The number of nitrogens with zero attached hydrogens (tertiary/aromatic N) is 3. The van der Waals surface area contributed by atoms with Gasteiger partial charge in [0.15, 0.2) is 5.82 Å². The second-order valence-electron chi connectivity index (χ2n) is 11.4. The summed E-state index contributed by atoms with van der Waals surface area (Å²) in [4.78, 5) is 21.6. The van der Waals surface area contributed by atoms with E-state index in [1.54, 1.807) is 0 Å². The molecule has 1 atom stereocenters. The summed E-state index contributed by atoms with van der Waals surface area (Å²) in [5.41, 5.74) is 7.32. The van der Waals surface area contributed by atoms with Gasteiger partial charge in [-0.25, -0.2) is 4.79 Å². The normalized spacial score (nSPS) is 15.4. The van der Waals surface area contributed by atoms with E-state index in [0.717, 1.165) is 53.8 Å². The molecule has 1 aromatic heterocycles. The van der Waals surface area contributed by atoms with Gasteiger partial charge in [0.25, 0.3) is 0 Å². The Labute approximate surface area is 241 Å². The lowest BCUT2D eigenvalue weighted by molar-refractivity contribution is 0.131. The molecule has 0 bridgehead atoms. The van der Waals surface area contributed by atoms with Crippen molar-refractivity contribution >= 4 is 11.4 Å². The molecule has 0 spiro atoms. The molecule has 3 aromatic carbocycles. The van der Waals surface area contributed by atoms with Crippen molar-refractivity contribution in [1.29, 1.82) is 0 Å². The van der Waals surface area contributed by atoms with Crippen molar-refractivity contribution in [3.05, 3.63) is 101 Å². The lowest BCUT2D eigenvalue weighted by Gasteiger charge is -2.32. The summed E-state index contributed by atoms with van der Waals surface area (Å²) in [6.07, 6.45) is 6.29. The van der Waals surface area contributed by atoms with E-state index in [1.807, 2.05) is 36.4 Å². The Morgan fingerprint density at radius 1 is 0.976 bits per heavy atom. The van der Waals surface area contributed by atoms with Gasteiger partial charge in [0.1, 0.15) is 17.5 Å². The maximum atomic E-state index is 11.5. The minimum atomic E-state index is -0.566. The van der Waals surface area contributed by atoms with Crippen LogP contribution in [0.5, 0.6) is 5.75 Å². The number of anilines is 1. The molecule has 0 aliphatic carbocycles. The first-order valence-corrected chi connectivity index (χ1v) is 14.3. The molecule has 212 valence electrons. The number of H-pyrrole nitrogens is 1. The molecule has 41 heavy (non-hydrogen) atoms. The number of benzene rings is 3. The van der Waals surface area contributed by atoms with Crippen molar-refractivity contribution in [2.75, 3.05) is 4.90 Å². The fraction of sp³-hybridized carbons (Fsp3) is 0.324. The molecule has 0 radical (unpaired) electrons. The lowest BCUT2D eigenvalue weighted by Crippen LogP contribution is -2.33. The van der Waals surface area contributed by atoms with Crippen LogP contribution in [-0.2, 0) is 6.42 Å². The van der Waals surface area contributed by atoms with E-state index in [2.05, 4.69) is 92.3 Å². The van der Waals surface area contributed by atoms with Crippen molar-refractivity contribution in [1.82, 2.24) is 10.1 Å². The highest BCUT2D eigenvalue weighted by Crippen LogP contribution is 2.32. The fourth-order valence-electron chi connectivity index (χ4n) is 5.08. The second kappa shape index (κ2) is 12.0. The van der Waals surface area contributed by atoms with E-state index < -0.39 is 5.76 Å². The molecule has 1 aliphatic heterocycles. The first-order chi connectivity index (χ1) is 19.7. The lowest BCUT2D eigenvalue weighted by atomic mass is 9.94. The van der Waals surface area contributed by atoms with Crippen molar-refractivity contribution < 1.29 is 9.26 Å². The number of aromatic amines is 1. The van der Waals surface area contributed by atoms with Crippen LogP contribution in [0.4, 0.5) is 5.69 Å². The molecule has 7 heteroatoms. The van der Waals surface area contributed by atoms with Gasteiger partial charge < -0.3 is 9.64 Å². The fourth-order valence-corrected chi connectivity index (χ4v) is 5.08. The monoisotopic (exact) mass is 550 g/mol. The standard InChI is InChI=1S/C34H38N4O3/c1-6-7-12-31-26(22-38(23(2)35-31)27-17-19-28(20-18-27)40-34(3,4)5)21-24-13-15-25(16-14-24)29-10-8-9-11-30(29)32-36-33(39)41-37-32/h8-11,13-20,22-23H,6-7,12,21H2,1-5H3,(H,36,37,39). The van der Waals surface area contributed by atoms with Gasteiger partial charge in [0.2, 0.25) is 0 Å². The van der Waals surface area contributed by atoms with Gasteiger partial charge in [-0.05, 0) is 87.1 Å². The topological polar surface area (TPSA) is 83.7 Å². The molecule has 1 unspecified atom stereocenters. The third-order valence-corrected chi connectivity index (χ3v) is 7.02. The Kier molecular flexibility index (Phi) is 8.24. The highest BCUT2D eigenvalue weighted by atomic mass is 16.5. The van der Waals surface area contributed by atoms with E-state index in [0.29, 0.717) is 5.82 Å². The zero-order valence-corrected chi connectivity index (χ0v) is 24.5. The summed E-state index contributed by atoms with van der Waals surface area (Å²) in [7, 11) is 0. The summed E-state index contributed by atoms with van der Waals surface area (Å²) in [5, 5.41) is 3.88. The third-order valence-electron chi connectivity index (χ3n) is 7.02. The van der Waals surface area contributed by atoms with Gasteiger partial charge in [0.05, 0.1) is 0 Å². The van der Waals surface area contributed by atoms with Crippen molar-refractivity contribution in [2.45, 2.75) is 72.1 Å². The molecule has 0 saturated heterocycles. The number of hydrogen-bond donors (Lipinski definition) is 1. The molecule has 2 heterocycles. The quantitative estimate of drug-likeness (QED) is 0.230. The predicted octanol–water partition coefficient (Wildman–Crippen LogP) is 7.80. The average molecular weight is 551 g/mol. The third kappa shape index (κ3) is 6.85. The molecule has 1 N–H and O–H groups in total. The number of aliphatic imine (C=N–C) groups is 1. The van der Waals surface area contributed by atoms with E-state index in [9.17, 15) is 4.79 Å². The van der Waals surface area contributed by atoms with E-state index in [-0.39, 0.29) is 11.8 Å². The minimum absolute atomic E-state index is 0.0156. The van der Waals surface area contributed by atoms with Crippen LogP contribution >= 0.6 is 0 Å². The summed E-state index contributed by atoms with van der Waals surface area (Å²) < 4.78 is 10.8. The highest BCUT2D eigenvalue weighted by molar-refractivity contribution is 6.02. The number of hydrogen-bond acceptors (Lipinski definition) is 6. The zero-order valence-electron chi connectivity index (χ0n) is 24.5. The molecule has 4 aromatic rings. The Hall–Kier alpha value is -4.39. The maximum Gasteiger partial charge on any atom is 0.439 e. The van der Waals surface area contributed by atoms with Crippen molar-refractivity contribution in [3.8, 4) is 28.3 Å². The average Bonchev–Trinajstić information content (AvgIpc) is 3.39. The molecular formula is C34H38N4O3. The summed E-state index contributed by atoms with van der Waals surface area (Å²) in [6, 6.07) is 24.7. The van der Waals surface area contributed by atoms with Gasteiger partial charge in [-0.1, -0.05) is 67.0 Å². The van der Waals surface area contributed by atoms with Crippen molar-refractivity contribution in [2.24, 2.45) is 4.99 Å². The number of allylic oxidation sites excluding steroid dienone is 1. The highest BCUT2D eigenvalue weighted by Gasteiger charge is 2.22. The van der Waals surface area contributed by atoms with Gasteiger partial charge in [-0.15, -0.1) is 0 Å². The van der Waals surface area contributed by atoms with Crippen LogP contribution in [0.1, 0.15) is 59.4 Å². The Morgan fingerprint density at radius 2 is 1.68 bits per heavy atom. The number of ether oxygens (including phenoxy) is 1. The number of unbranched alkanes of at least 4 members (excludes halogenated alkanes) is 1. The van der Waals surface area contributed by atoms with Crippen LogP contribution in [0.2, 0.25) is 0 Å². The van der Waals surface area contributed by atoms with Gasteiger partial charge in [-0.3, -0.25) is 14.5 Å². The van der Waals surface area contributed by atoms with Crippen LogP contribution < -0.4 is 15.4 Å². The molecular weight excluding hydrogens is 512 g/mol. The second-order valence-corrected chi connectivity index (χ2v) is 11.4. The smallest absolute Gasteiger partial charge is 0.439 e. The molecule has 5 rings (SSSR count). The summed E-state index contributed by atoms with van der Waals surface area (Å²) in [5.74, 6) is 0.717. The molecule has 0 fully saturated rings. The predicted molar refractivity (Wildman–Crippen MR) is 166 cm³/mol. The van der Waals surface area contributed by atoms with Crippen LogP contribution in [0, 0.1) is 0 Å². The Morgan fingerprint density at radius 3 is 2.32 bits per heavy atom. The number of nitrogens with one attached hydrogen (secondary N) is 1. The number of aromatic nitrogens is 2. The van der Waals surface area contributed by atoms with Crippen LogP contribution in [-0.4, -0.2) is 27.6 Å².